The zero-order valence-electron chi connectivity index (χ0n) is 11.4. The van der Waals surface area contributed by atoms with Crippen LogP contribution in [0.4, 0.5) is 5.13 Å². The highest BCUT2D eigenvalue weighted by molar-refractivity contribution is 7.22. The molecule has 0 fully saturated rings. The fourth-order valence-electron chi connectivity index (χ4n) is 1.78. The molecule has 0 radical (unpaired) electrons. The lowest BCUT2D eigenvalue weighted by Gasteiger charge is -2.04. The Morgan fingerprint density at radius 1 is 1.26 bits per heavy atom. The van der Waals surface area contributed by atoms with Crippen molar-refractivity contribution in [1.82, 2.24) is 4.98 Å². The third kappa shape index (κ3) is 4.16. The van der Waals surface area contributed by atoms with Gasteiger partial charge < -0.3 is 14.8 Å². The summed E-state index contributed by atoms with van der Waals surface area (Å²) in [6.45, 7) is 5.04. The molecule has 2 rings (SSSR count). The van der Waals surface area contributed by atoms with Gasteiger partial charge in [-0.15, -0.1) is 0 Å². The van der Waals surface area contributed by atoms with Crippen molar-refractivity contribution in [3.8, 4) is 0 Å². The summed E-state index contributed by atoms with van der Waals surface area (Å²) < 4.78 is 11.6. The monoisotopic (exact) mass is 280 g/mol. The van der Waals surface area contributed by atoms with E-state index in [-0.39, 0.29) is 0 Å². The largest absolute Gasteiger partial charge is 0.382 e. The van der Waals surface area contributed by atoms with E-state index in [1.54, 1.807) is 18.4 Å². The Balaban J connectivity index is 1.74. The lowest BCUT2D eigenvalue weighted by Crippen LogP contribution is -2.08. The molecule has 0 saturated carbocycles. The summed E-state index contributed by atoms with van der Waals surface area (Å²) in [7, 11) is 1.68. The minimum atomic E-state index is 0.657. The van der Waals surface area contributed by atoms with Crippen molar-refractivity contribution in [3.05, 3.63) is 23.8 Å². The first-order valence-corrected chi connectivity index (χ1v) is 7.29. The number of ether oxygens (including phenoxy) is 2. The van der Waals surface area contributed by atoms with Crippen LogP contribution in [-0.4, -0.2) is 38.5 Å². The average molecular weight is 280 g/mol. The van der Waals surface area contributed by atoms with Crippen LogP contribution in [0, 0.1) is 6.92 Å². The van der Waals surface area contributed by atoms with Crippen molar-refractivity contribution in [2.24, 2.45) is 0 Å². The van der Waals surface area contributed by atoms with Gasteiger partial charge in [0.05, 0.1) is 23.4 Å². The van der Waals surface area contributed by atoms with Crippen LogP contribution >= 0.6 is 11.3 Å². The summed E-state index contributed by atoms with van der Waals surface area (Å²) in [6.07, 6.45) is 0.971. The number of para-hydroxylation sites is 1. The van der Waals surface area contributed by atoms with E-state index in [9.17, 15) is 0 Å². The molecule has 1 aromatic carbocycles. The van der Waals surface area contributed by atoms with Gasteiger partial charge in [-0.25, -0.2) is 4.98 Å². The highest BCUT2D eigenvalue weighted by atomic mass is 32.1. The molecule has 0 aliphatic heterocycles. The normalized spacial score (nSPS) is 11.1. The van der Waals surface area contributed by atoms with Crippen LogP contribution in [0.3, 0.4) is 0 Å². The van der Waals surface area contributed by atoms with Gasteiger partial charge in [-0.3, -0.25) is 0 Å². The lowest BCUT2D eigenvalue weighted by molar-refractivity contribution is 0.0705. The van der Waals surface area contributed by atoms with E-state index < -0.39 is 0 Å². The standard InChI is InChI=1S/C14H20N2O2S/c1-11-5-3-6-12-13(11)16-14(19-12)15-7-4-8-18-10-9-17-2/h3,5-6H,4,7-10H2,1-2H3,(H,15,16). The molecule has 2 aromatic rings. The Hall–Kier alpha value is -1.17. The van der Waals surface area contributed by atoms with Gasteiger partial charge >= 0.3 is 0 Å². The van der Waals surface area contributed by atoms with Crippen LogP contribution < -0.4 is 5.32 Å². The van der Waals surface area contributed by atoms with Gasteiger partial charge in [0, 0.05) is 20.3 Å². The number of nitrogens with zero attached hydrogens (tertiary/aromatic N) is 1. The Morgan fingerprint density at radius 2 is 2.16 bits per heavy atom. The van der Waals surface area contributed by atoms with Gasteiger partial charge in [-0.1, -0.05) is 23.5 Å². The summed E-state index contributed by atoms with van der Waals surface area (Å²) in [5, 5.41) is 4.34. The Bertz CT molecular complexity index is 513. The molecule has 19 heavy (non-hydrogen) atoms. The number of hydrogen-bond acceptors (Lipinski definition) is 5. The molecule has 5 heteroatoms. The molecule has 0 saturated heterocycles. The predicted octanol–water partition coefficient (Wildman–Crippen LogP) is 3.07. The van der Waals surface area contributed by atoms with E-state index in [1.165, 1.54) is 10.3 Å². The Morgan fingerprint density at radius 3 is 2.95 bits per heavy atom. The lowest BCUT2D eigenvalue weighted by atomic mass is 10.2. The molecule has 4 nitrogen and oxygen atoms in total. The first kappa shape index (κ1) is 14.2. The van der Waals surface area contributed by atoms with Gasteiger partial charge in [0.25, 0.3) is 0 Å². The van der Waals surface area contributed by atoms with Crippen LogP contribution in [0.1, 0.15) is 12.0 Å². The summed E-state index contributed by atoms with van der Waals surface area (Å²) in [5.41, 5.74) is 2.33. The third-order valence-corrected chi connectivity index (χ3v) is 3.77. The maximum absolute atomic E-state index is 5.41. The molecule has 0 aliphatic carbocycles. The molecule has 1 N–H and O–H groups in total. The SMILES string of the molecule is COCCOCCCNc1nc2c(C)cccc2s1. The van der Waals surface area contributed by atoms with E-state index in [4.69, 9.17) is 9.47 Å². The molecule has 0 amide bonds. The van der Waals surface area contributed by atoms with Gasteiger partial charge in [0.1, 0.15) is 0 Å². The number of hydrogen-bond donors (Lipinski definition) is 1. The summed E-state index contributed by atoms with van der Waals surface area (Å²) in [4.78, 5) is 4.61. The van der Waals surface area contributed by atoms with Crippen molar-refractivity contribution in [1.29, 1.82) is 0 Å². The molecular formula is C14H20N2O2S. The number of anilines is 1. The number of methoxy groups -OCH3 is 1. The molecule has 0 atom stereocenters. The van der Waals surface area contributed by atoms with Crippen LogP contribution in [-0.2, 0) is 9.47 Å². The molecule has 0 aliphatic rings. The Labute approximate surface area is 117 Å². The second kappa shape index (κ2) is 7.43. The maximum Gasteiger partial charge on any atom is 0.183 e. The van der Waals surface area contributed by atoms with E-state index >= 15 is 0 Å². The number of nitrogens with one attached hydrogen (secondary N) is 1. The zero-order chi connectivity index (χ0) is 13.5. The van der Waals surface area contributed by atoms with Crippen molar-refractivity contribution < 1.29 is 9.47 Å². The average Bonchev–Trinajstić information content (AvgIpc) is 2.82. The van der Waals surface area contributed by atoms with E-state index in [1.807, 2.05) is 0 Å². The Kier molecular flexibility index (Phi) is 5.57. The topological polar surface area (TPSA) is 43.4 Å². The van der Waals surface area contributed by atoms with Crippen molar-refractivity contribution in [2.75, 3.05) is 38.8 Å². The number of fused-ring (bicyclic) bond motifs is 1. The molecule has 1 aromatic heterocycles. The molecular weight excluding hydrogens is 260 g/mol. The first-order chi connectivity index (χ1) is 9.31. The van der Waals surface area contributed by atoms with Crippen LogP contribution in [0.15, 0.2) is 18.2 Å². The van der Waals surface area contributed by atoms with Crippen LogP contribution in [0.5, 0.6) is 0 Å². The zero-order valence-corrected chi connectivity index (χ0v) is 12.3. The molecule has 104 valence electrons. The van der Waals surface area contributed by atoms with Crippen LogP contribution in [0.25, 0.3) is 10.2 Å². The highest BCUT2D eigenvalue weighted by Gasteiger charge is 2.04. The van der Waals surface area contributed by atoms with Gasteiger partial charge in [-0.05, 0) is 25.0 Å². The fraction of sp³-hybridized carbons (Fsp3) is 0.500. The van der Waals surface area contributed by atoms with Gasteiger partial charge in [-0.2, -0.15) is 0 Å². The van der Waals surface area contributed by atoms with Crippen LogP contribution in [0.2, 0.25) is 0 Å². The second-order valence-corrected chi connectivity index (χ2v) is 5.36. The number of aryl methyl sites for hydroxylation is 1. The molecule has 0 bridgehead atoms. The number of benzene rings is 1. The minimum Gasteiger partial charge on any atom is -0.382 e. The summed E-state index contributed by atoms with van der Waals surface area (Å²) >= 11 is 1.70. The minimum absolute atomic E-state index is 0.657. The summed E-state index contributed by atoms with van der Waals surface area (Å²) in [5.74, 6) is 0. The third-order valence-electron chi connectivity index (χ3n) is 2.79. The second-order valence-electron chi connectivity index (χ2n) is 4.33. The fourth-order valence-corrected chi connectivity index (χ4v) is 2.75. The number of rotatable bonds is 8. The van der Waals surface area contributed by atoms with Crippen molar-refractivity contribution >= 4 is 26.7 Å². The molecule has 1 heterocycles. The van der Waals surface area contributed by atoms with E-state index in [2.05, 4.69) is 35.4 Å². The van der Waals surface area contributed by atoms with Crippen molar-refractivity contribution in [3.63, 3.8) is 0 Å². The highest BCUT2D eigenvalue weighted by Crippen LogP contribution is 2.27. The van der Waals surface area contributed by atoms with Gasteiger partial charge in [0.15, 0.2) is 5.13 Å². The number of thiazole rings is 1. The van der Waals surface area contributed by atoms with Gasteiger partial charge in [0.2, 0.25) is 0 Å². The maximum atomic E-state index is 5.41. The summed E-state index contributed by atoms with van der Waals surface area (Å²) in [6, 6.07) is 6.28. The smallest absolute Gasteiger partial charge is 0.183 e. The van der Waals surface area contributed by atoms with E-state index in [0.29, 0.717) is 13.2 Å². The predicted molar refractivity (Wildman–Crippen MR) is 80.2 cm³/mol. The number of aromatic nitrogens is 1. The quantitative estimate of drug-likeness (QED) is 0.755. The van der Waals surface area contributed by atoms with Crippen molar-refractivity contribution in [2.45, 2.75) is 13.3 Å². The first-order valence-electron chi connectivity index (χ1n) is 6.48. The molecule has 0 spiro atoms. The molecule has 0 unspecified atom stereocenters. The van der Waals surface area contributed by atoms with E-state index in [0.717, 1.165) is 30.2 Å².